The standard InChI is InChI=1S/C11H16F4N2/c1-2-5-17-6-3-4-9(17)7-16-8-11(14,15)10(12)13/h3-4,6,10,16H,2,5,7-8H2,1H3. The average molecular weight is 252 g/mol. The van der Waals surface area contributed by atoms with Crippen LogP contribution in [0.2, 0.25) is 0 Å². The van der Waals surface area contributed by atoms with Crippen molar-refractivity contribution in [2.24, 2.45) is 0 Å². The van der Waals surface area contributed by atoms with Crippen LogP contribution in [0.15, 0.2) is 18.3 Å². The molecule has 1 rings (SSSR count). The number of hydrogen-bond donors (Lipinski definition) is 1. The van der Waals surface area contributed by atoms with Crippen LogP contribution < -0.4 is 5.32 Å². The Hall–Kier alpha value is -1.04. The van der Waals surface area contributed by atoms with Crippen LogP contribution >= 0.6 is 0 Å². The zero-order chi connectivity index (χ0) is 12.9. The fraction of sp³-hybridized carbons (Fsp3) is 0.636. The summed E-state index contributed by atoms with van der Waals surface area (Å²) >= 11 is 0. The highest BCUT2D eigenvalue weighted by atomic mass is 19.3. The molecule has 0 radical (unpaired) electrons. The van der Waals surface area contributed by atoms with Gasteiger partial charge in [-0.2, -0.15) is 8.78 Å². The SMILES string of the molecule is CCCn1cccc1CNCC(F)(F)C(F)F. The number of alkyl halides is 4. The van der Waals surface area contributed by atoms with Crippen molar-refractivity contribution in [3.05, 3.63) is 24.0 Å². The van der Waals surface area contributed by atoms with E-state index in [2.05, 4.69) is 5.32 Å². The van der Waals surface area contributed by atoms with E-state index in [0.29, 0.717) is 0 Å². The van der Waals surface area contributed by atoms with Crippen molar-refractivity contribution < 1.29 is 17.6 Å². The van der Waals surface area contributed by atoms with Crippen LogP contribution in [0.25, 0.3) is 0 Å². The van der Waals surface area contributed by atoms with Gasteiger partial charge in [-0.3, -0.25) is 0 Å². The van der Waals surface area contributed by atoms with Crippen LogP contribution in [-0.4, -0.2) is 23.5 Å². The quantitative estimate of drug-likeness (QED) is 0.738. The molecule has 0 spiro atoms. The molecule has 1 heterocycles. The number of nitrogens with one attached hydrogen (secondary N) is 1. The summed E-state index contributed by atoms with van der Waals surface area (Å²) in [4.78, 5) is 0. The van der Waals surface area contributed by atoms with Gasteiger partial charge < -0.3 is 9.88 Å². The van der Waals surface area contributed by atoms with E-state index in [-0.39, 0.29) is 6.54 Å². The molecule has 0 unspecified atom stereocenters. The van der Waals surface area contributed by atoms with Gasteiger partial charge in [0, 0.05) is 25.0 Å². The van der Waals surface area contributed by atoms with Crippen LogP contribution in [0.3, 0.4) is 0 Å². The minimum Gasteiger partial charge on any atom is -0.350 e. The normalized spacial score (nSPS) is 12.4. The lowest BCUT2D eigenvalue weighted by Gasteiger charge is -2.16. The van der Waals surface area contributed by atoms with Gasteiger partial charge in [0.1, 0.15) is 0 Å². The number of nitrogens with zero attached hydrogens (tertiary/aromatic N) is 1. The van der Waals surface area contributed by atoms with Gasteiger partial charge in [-0.05, 0) is 18.6 Å². The van der Waals surface area contributed by atoms with Crippen LogP contribution in [0.4, 0.5) is 17.6 Å². The maximum Gasteiger partial charge on any atom is 0.319 e. The lowest BCUT2D eigenvalue weighted by atomic mass is 10.3. The molecule has 0 amide bonds. The van der Waals surface area contributed by atoms with Gasteiger partial charge in [-0.1, -0.05) is 6.92 Å². The predicted molar refractivity (Wildman–Crippen MR) is 57.4 cm³/mol. The Morgan fingerprint density at radius 2 is 2.12 bits per heavy atom. The molecule has 17 heavy (non-hydrogen) atoms. The molecule has 98 valence electrons. The third kappa shape index (κ3) is 4.03. The van der Waals surface area contributed by atoms with E-state index in [1.54, 1.807) is 12.1 Å². The third-order valence-electron chi connectivity index (χ3n) is 2.37. The van der Waals surface area contributed by atoms with E-state index in [1.165, 1.54) is 0 Å². The van der Waals surface area contributed by atoms with Crippen molar-refractivity contribution in [3.63, 3.8) is 0 Å². The largest absolute Gasteiger partial charge is 0.350 e. The second-order valence-corrected chi connectivity index (χ2v) is 3.86. The molecule has 0 saturated heterocycles. The van der Waals surface area contributed by atoms with Crippen LogP contribution in [0, 0.1) is 0 Å². The Kier molecular flexibility index (Phi) is 4.99. The highest BCUT2D eigenvalue weighted by Gasteiger charge is 2.39. The summed E-state index contributed by atoms with van der Waals surface area (Å²) in [5.74, 6) is -3.97. The van der Waals surface area contributed by atoms with Gasteiger partial charge in [0.15, 0.2) is 0 Å². The molecule has 0 aromatic carbocycles. The van der Waals surface area contributed by atoms with Crippen molar-refractivity contribution in [2.75, 3.05) is 6.54 Å². The minimum absolute atomic E-state index is 0.162. The summed E-state index contributed by atoms with van der Waals surface area (Å²) in [6.45, 7) is 1.94. The van der Waals surface area contributed by atoms with Gasteiger partial charge in [0.25, 0.3) is 0 Å². The Morgan fingerprint density at radius 1 is 1.41 bits per heavy atom. The molecule has 1 aromatic rings. The first-order valence-corrected chi connectivity index (χ1v) is 5.48. The molecule has 1 N–H and O–H groups in total. The molecule has 2 nitrogen and oxygen atoms in total. The minimum atomic E-state index is -3.97. The summed E-state index contributed by atoms with van der Waals surface area (Å²) < 4.78 is 50.9. The van der Waals surface area contributed by atoms with Gasteiger partial charge in [0.2, 0.25) is 0 Å². The molecule has 0 aliphatic heterocycles. The Morgan fingerprint density at radius 3 is 2.71 bits per heavy atom. The smallest absolute Gasteiger partial charge is 0.319 e. The zero-order valence-electron chi connectivity index (χ0n) is 9.60. The first-order chi connectivity index (χ1) is 7.97. The number of aromatic nitrogens is 1. The highest BCUT2D eigenvalue weighted by molar-refractivity contribution is 5.06. The van der Waals surface area contributed by atoms with E-state index in [9.17, 15) is 17.6 Å². The Labute approximate surface area is 97.6 Å². The lowest BCUT2D eigenvalue weighted by Crippen LogP contribution is -2.38. The van der Waals surface area contributed by atoms with Gasteiger partial charge >= 0.3 is 12.3 Å². The van der Waals surface area contributed by atoms with E-state index >= 15 is 0 Å². The molecule has 0 bridgehead atoms. The molecule has 0 aliphatic rings. The Bertz CT molecular complexity index is 336. The second kappa shape index (κ2) is 6.05. The van der Waals surface area contributed by atoms with Crippen molar-refractivity contribution >= 4 is 0 Å². The topological polar surface area (TPSA) is 17.0 Å². The Balaban J connectivity index is 2.43. The van der Waals surface area contributed by atoms with Crippen molar-refractivity contribution in [1.82, 2.24) is 9.88 Å². The van der Waals surface area contributed by atoms with E-state index in [1.807, 2.05) is 17.7 Å². The first kappa shape index (κ1) is 14.0. The molecular formula is C11H16F4N2. The number of aryl methyl sites for hydroxylation is 1. The van der Waals surface area contributed by atoms with Gasteiger partial charge in [0.05, 0.1) is 6.54 Å². The molecule has 6 heteroatoms. The fourth-order valence-electron chi connectivity index (χ4n) is 1.50. The summed E-state index contributed by atoms with van der Waals surface area (Å²) in [6, 6.07) is 3.58. The average Bonchev–Trinajstić information content (AvgIpc) is 2.66. The third-order valence-corrected chi connectivity index (χ3v) is 2.37. The maximum absolute atomic E-state index is 12.6. The van der Waals surface area contributed by atoms with E-state index < -0.39 is 18.9 Å². The number of rotatable bonds is 7. The van der Waals surface area contributed by atoms with Gasteiger partial charge in [-0.25, -0.2) is 8.78 Å². The molecule has 0 fully saturated rings. The van der Waals surface area contributed by atoms with E-state index in [0.717, 1.165) is 18.7 Å². The monoisotopic (exact) mass is 252 g/mol. The van der Waals surface area contributed by atoms with Crippen LogP contribution in [-0.2, 0) is 13.1 Å². The van der Waals surface area contributed by atoms with Crippen molar-refractivity contribution in [2.45, 2.75) is 38.8 Å². The van der Waals surface area contributed by atoms with Crippen molar-refractivity contribution in [3.8, 4) is 0 Å². The predicted octanol–water partition coefficient (Wildman–Crippen LogP) is 2.89. The molecule has 1 aromatic heterocycles. The van der Waals surface area contributed by atoms with Gasteiger partial charge in [-0.15, -0.1) is 0 Å². The summed E-state index contributed by atoms with van der Waals surface area (Å²) in [6.07, 6.45) is -0.863. The summed E-state index contributed by atoms with van der Waals surface area (Å²) in [7, 11) is 0. The second-order valence-electron chi connectivity index (χ2n) is 3.86. The molecular weight excluding hydrogens is 236 g/mol. The van der Waals surface area contributed by atoms with Crippen LogP contribution in [0.1, 0.15) is 19.0 Å². The van der Waals surface area contributed by atoms with Crippen LogP contribution in [0.5, 0.6) is 0 Å². The zero-order valence-corrected chi connectivity index (χ0v) is 9.60. The lowest BCUT2D eigenvalue weighted by molar-refractivity contribution is -0.125. The highest BCUT2D eigenvalue weighted by Crippen LogP contribution is 2.21. The fourth-order valence-corrected chi connectivity index (χ4v) is 1.50. The summed E-state index contributed by atoms with van der Waals surface area (Å²) in [5, 5.41) is 2.36. The number of halogens is 4. The van der Waals surface area contributed by atoms with E-state index in [4.69, 9.17) is 0 Å². The maximum atomic E-state index is 12.6. The summed E-state index contributed by atoms with van der Waals surface area (Å²) in [5.41, 5.74) is 0.817. The van der Waals surface area contributed by atoms with Crippen molar-refractivity contribution in [1.29, 1.82) is 0 Å². The first-order valence-electron chi connectivity index (χ1n) is 5.48. The molecule has 0 atom stereocenters. The molecule has 0 saturated carbocycles. The number of hydrogen-bond acceptors (Lipinski definition) is 1. The molecule has 0 aliphatic carbocycles.